The van der Waals surface area contributed by atoms with Gasteiger partial charge >= 0.3 is 0 Å². The number of rotatable bonds is 0. The molecule has 0 radical (unpaired) electrons. The minimum absolute atomic E-state index is 0.350. The SMILES string of the molecule is C=C1C(=O)C[C@@H]2[C@@H](C)[C@H]3CCC(C)(C)[C@H]3[C@H]12. The largest absolute Gasteiger partial charge is 0.295 e. The molecule has 3 rings (SSSR count). The third kappa shape index (κ3) is 1.10. The van der Waals surface area contributed by atoms with Crippen LogP contribution < -0.4 is 0 Å². The first kappa shape index (κ1) is 10.6. The maximum absolute atomic E-state index is 11.8. The molecule has 88 valence electrons. The Hall–Kier alpha value is -0.590. The molecule has 0 bridgehead atoms. The van der Waals surface area contributed by atoms with Crippen molar-refractivity contribution in [1.29, 1.82) is 0 Å². The number of ketones is 1. The Morgan fingerprint density at radius 1 is 1.31 bits per heavy atom. The third-order valence-electron chi connectivity index (χ3n) is 5.87. The molecular formula is C15H22O. The maximum atomic E-state index is 11.8. The number of hydrogen-bond acceptors (Lipinski definition) is 1. The van der Waals surface area contributed by atoms with Crippen LogP contribution in [0, 0.1) is 35.0 Å². The summed E-state index contributed by atoms with van der Waals surface area (Å²) < 4.78 is 0. The van der Waals surface area contributed by atoms with Crippen molar-refractivity contribution in [3.8, 4) is 0 Å². The average Bonchev–Trinajstić information content (AvgIpc) is 2.75. The highest BCUT2D eigenvalue weighted by Gasteiger charge is 2.60. The lowest BCUT2D eigenvalue weighted by Gasteiger charge is -2.31. The smallest absolute Gasteiger partial charge is 0.158 e. The minimum Gasteiger partial charge on any atom is -0.295 e. The van der Waals surface area contributed by atoms with Gasteiger partial charge in [0.25, 0.3) is 0 Å². The van der Waals surface area contributed by atoms with Gasteiger partial charge in [0.2, 0.25) is 0 Å². The number of Topliss-reactive ketones (excluding diaryl/α,β-unsaturated/α-hetero) is 1. The zero-order chi connectivity index (χ0) is 11.7. The molecule has 0 amide bonds. The zero-order valence-electron chi connectivity index (χ0n) is 10.6. The van der Waals surface area contributed by atoms with Crippen molar-refractivity contribution < 1.29 is 4.79 Å². The Kier molecular flexibility index (Phi) is 1.98. The molecule has 3 saturated carbocycles. The fraction of sp³-hybridized carbons (Fsp3) is 0.800. The number of carbonyl (C=O) groups is 1. The van der Waals surface area contributed by atoms with E-state index < -0.39 is 0 Å². The topological polar surface area (TPSA) is 17.1 Å². The Morgan fingerprint density at radius 3 is 2.69 bits per heavy atom. The van der Waals surface area contributed by atoms with Crippen molar-refractivity contribution in [1.82, 2.24) is 0 Å². The van der Waals surface area contributed by atoms with Gasteiger partial charge in [-0.25, -0.2) is 0 Å². The van der Waals surface area contributed by atoms with E-state index in [0.29, 0.717) is 23.0 Å². The lowest BCUT2D eigenvalue weighted by atomic mass is 9.72. The van der Waals surface area contributed by atoms with Gasteiger partial charge < -0.3 is 0 Å². The van der Waals surface area contributed by atoms with Crippen LogP contribution in [0.1, 0.15) is 40.0 Å². The predicted molar refractivity (Wildman–Crippen MR) is 64.9 cm³/mol. The normalized spacial score (nSPS) is 49.6. The van der Waals surface area contributed by atoms with E-state index in [9.17, 15) is 4.79 Å². The zero-order valence-corrected chi connectivity index (χ0v) is 10.6. The van der Waals surface area contributed by atoms with Crippen LogP contribution in [-0.4, -0.2) is 5.78 Å². The summed E-state index contributed by atoms with van der Waals surface area (Å²) in [6, 6.07) is 0. The Balaban J connectivity index is 2.03. The molecule has 0 N–H and O–H groups in total. The molecule has 0 heterocycles. The van der Waals surface area contributed by atoms with E-state index in [0.717, 1.165) is 29.7 Å². The fourth-order valence-corrected chi connectivity index (χ4v) is 5.04. The van der Waals surface area contributed by atoms with E-state index in [1.807, 2.05) is 0 Å². The van der Waals surface area contributed by atoms with Crippen LogP contribution in [0.5, 0.6) is 0 Å². The summed E-state index contributed by atoms with van der Waals surface area (Å²) in [5.74, 6) is 3.81. The van der Waals surface area contributed by atoms with Crippen LogP contribution >= 0.6 is 0 Å². The van der Waals surface area contributed by atoms with Crippen molar-refractivity contribution in [2.45, 2.75) is 40.0 Å². The molecule has 0 saturated heterocycles. The van der Waals surface area contributed by atoms with Gasteiger partial charge in [0, 0.05) is 6.42 Å². The summed E-state index contributed by atoms with van der Waals surface area (Å²) in [4.78, 5) is 11.8. The maximum Gasteiger partial charge on any atom is 0.158 e. The van der Waals surface area contributed by atoms with Crippen LogP contribution in [0.15, 0.2) is 12.2 Å². The summed E-state index contributed by atoms with van der Waals surface area (Å²) in [5, 5.41) is 0. The van der Waals surface area contributed by atoms with Gasteiger partial charge in [0.05, 0.1) is 0 Å². The first-order valence-electron chi connectivity index (χ1n) is 6.65. The summed E-state index contributed by atoms with van der Waals surface area (Å²) in [7, 11) is 0. The molecule has 1 heteroatoms. The van der Waals surface area contributed by atoms with Crippen LogP contribution in [0.25, 0.3) is 0 Å². The van der Waals surface area contributed by atoms with Gasteiger partial charge in [-0.3, -0.25) is 4.79 Å². The molecule has 0 aromatic heterocycles. The summed E-state index contributed by atoms with van der Waals surface area (Å²) in [6.07, 6.45) is 3.48. The van der Waals surface area contributed by atoms with Crippen LogP contribution in [0.4, 0.5) is 0 Å². The van der Waals surface area contributed by atoms with Crippen molar-refractivity contribution in [3.63, 3.8) is 0 Å². The molecule has 5 atom stereocenters. The van der Waals surface area contributed by atoms with E-state index in [1.54, 1.807) is 0 Å². The van der Waals surface area contributed by atoms with Gasteiger partial charge in [-0.15, -0.1) is 0 Å². The Labute approximate surface area is 98.3 Å². The van der Waals surface area contributed by atoms with Crippen LogP contribution in [-0.2, 0) is 4.79 Å². The number of hydrogen-bond donors (Lipinski definition) is 0. The highest BCUT2D eigenvalue weighted by Crippen LogP contribution is 2.65. The lowest BCUT2D eigenvalue weighted by molar-refractivity contribution is -0.115. The monoisotopic (exact) mass is 218 g/mol. The second-order valence-corrected chi connectivity index (χ2v) is 6.92. The minimum atomic E-state index is 0.350. The van der Waals surface area contributed by atoms with Gasteiger partial charge in [-0.2, -0.15) is 0 Å². The molecule has 0 aromatic rings. The predicted octanol–water partition coefficient (Wildman–Crippen LogP) is 3.45. The van der Waals surface area contributed by atoms with E-state index >= 15 is 0 Å². The molecular weight excluding hydrogens is 196 g/mol. The molecule has 16 heavy (non-hydrogen) atoms. The number of carbonyl (C=O) groups excluding carboxylic acids is 1. The lowest BCUT2D eigenvalue weighted by Crippen LogP contribution is -2.26. The quantitative estimate of drug-likeness (QED) is 0.569. The van der Waals surface area contributed by atoms with E-state index in [2.05, 4.69) is 27.4 Å². The van der Waals surface area contributed by atoms with E-state index in [1.165, 1.54) is 12.8 Å². The van der Waals surface area contributed by atoms with E-state index in [-0.39, 0.29) is 0 Å². The summed E-state index contributed by atoms with van der Waals surface area (Å²) >= 11 is 0. The Morgan fingerprint density at radius 2 is 2.00 bits per heavy atom. The van der Waals surface area contributed by atoms with Crippen LogP contribution in [0.3, 0.4) is 0 Å². The molecule has 0 spiro atoms. The molecule has 0 aliphatic heterocycles. The molecule has 3 aliphatic rings. The first-order chi connectivity index (χ1) is 7.43. The highest BCUT2D eigenvalue weighted by atomic mass is 16.1. The summed E-state index contributed by atoms with van der Waals surface area (Å²) in [6.45, 7) is 11.2. The second-order valence-electron chi connectivity index (χ2n) is 6.92. The van der Waals surface area contributed by atoms with Crippen molar-refractivity contribution in [3.05, 3.63) is 12.2 Å². The number of fused-ring (bicyclic) bond motifs is 3. The highest BCUT2D eigenvalue weighted by molar-refractivity contribution is 5.98. The first-order valence-corrected chi connectivity index (χ1v) is 6.65. The van der Waals surface area contributed by atoms with Gasteiger partial charge in [-0.1, -0.05) is 27.4 Å². The molecule has 0 aromatic carbocycles. The second kappa shape index (κ2) is 3.00. The van der Waals surface area contributed by atoms with E-state index in [4.69, 9.17) is 0 Å². The summed E-state index contributed by atoms with van der Waals surface area (Å²) in [5.41, 5.74) is 1.38. The molecule has 3 fully saturated rings. The van der Waals surface area contributed by atoms with Gasteiger partial charge in [0.1, 0.15) is 0 Å². The average molecular weight is 218 g/mol. The van der Waals surface area contributed by atoms with Crippen molar-refractivity contribution in [2.24, 2.45) is 35.0 Å². The standard InChI is InChI=1S/C15H22O/c1-8-10-5-6-15(3,4)14(10)13-9(2)12(16)7-11(8)13/h8,10-11,13-14H,2,5-7H2,1,3-4H3/t8-,10+,11+,13+,14+/m0/s1. The fourth-order valence-electron chi connectivity index (χ4n) is 5.04. The molecule has 1 nitrogen and oxygen atoms in total. The van der Waals surface area contributed by atoms with Crippen molar-refractivity contribution >= 4 is 5.78 Å². The molecule has 3 aliphatic carbocycles. The van der Waals surface area contributed by atoms with Crippen LogP contribution in [0.2, 0.25) is 0 Å². The number of allylic oxidation sites excluding steroid dienone is 1. The molecule has 0 unspecified atom stereocenters. The van der Waals surface area contributed by atoms with Gasteiger partial charge in [-0.05, 0) is 53.4 Å². The Bertz CT molecular complexity index is 366. The third-order valence-corrected chi connectivity index (χ3v) is 5.87. The van der Waals surface area contributed by atoms with Gasteiger partial charge in [0.15, 0.2) is 5.78 Å². The van der Waals surface area contributed by atoms with Crippen molar-refractivity contribution in [2.75, 3.05) is 0 Å².